The highest BCUT2D eigenvalue weighted by Gasteiger charge is 2.11. The number of rotatable bonds is 5. The molecule has 0 spiro atoms. The number of hydrogen-bond donors (Lipinski definition) is 1. The van der Waals surface area contributed by atoms with Crippen LogP contribution < -0.4 is 10.1 Å². The van der Waals surface area contributed by atoms with Gasteiger partial charge >= 0.3 is 0 Å². The Hall–Kier alpha value is -3.27. The van der Waals surface area contributed by atoms with Crippen LogP contribution in [0.4, 0.5) is 15.9 Å². The second-order valence-corrected chi connectivity index (χ2v) is 9.16. The molecule has 0 saturated carbocycles. The fourth-order valence-electron chi connectivity index (χ4n) is 3.71. The summed E-state index contributed by atoms with van der Waals surface area (Å²) in [7, 11) is 0. The number of likely N-dealkylation sites (tertiary alicyclic amines) is 1. The maximum Gasteiger partial charge on any atom is 0.140 e. The maximum atomic E-state index is 13.4. The number of ether oxygens (including phenoxy) is 1. The number of fused-ring (bicyclic) bond motifs is 1. The molecule has 3 heterocycles. The third-order valence-electron chi connectivity index (χ3n) is 5.38. The first-order valence-electron chi connectivity index (χ1n) is 10.7. The Morgan fingerprint density at radius 2 is 2.00 bits per heavy atom. The predicted molar refractivity (Wildman–Crippen MR) is 133 cm³/mol. The monoisotopic (exact) mass is 477 g/mol. The molecule has 0 radical (unpaired) electrons. The van der Waals surface area contributed by atoms with Gasteiger partial charge in [0.05, 0.1) is 5.02 Å². The van der Waals surface area contributed by atoms with E-state index in [2.05, 4.69) is 22.2 Å². The molecule has 0 unspecified atom stereocenters. The molecule has 1 fully saturated rings. The van der Waals surface area contributed by atoms with Gasteiger partial charge in [-0.15, -0.1) is 11.3 Å². The van der Waals surface area contributed by atoms with Crippen molar-refractivity contribution in [3.8, 4) is 17.7 Å². The number of halogens is 2. The molecule has 2 aromatic heterocycles. The van der Waals surface area contributed by atoms with Crippen molar-refractivity contribution in [3.63, 3.8) is 0 Å². The molecule has 0 amide bonds. The van der Waals surface area contributed by atoms with E-state index in [-0.39, 0.29) is 12.4 Å². The van der Waals surface area contributed by atoms with Crippen molar-refractivity contribution in [2.24, 2.45) is 0 Å². The number of nitrogens with one attached hydrogen (secondary N) is 1. The van der Waals surface area contributed by atoms with Gasteiger partial charge in [-0.25, -0.2) is 9.37 Å². The quantitative estimate of drug-likeness (QED) is 0.320. The van der Waals surface area contributed by atoms with E-state index >= 15 is 0 Å². The lowest BCUT2D eigenvalue weighted by Gasteiger charge is -2.12. The first-order chi connectivity index (χ1) is 16.1. The summed E-state index contributed by atoms with van der Waals surface area (Å²) in [4.78, 5) is 6.90. The molecule has 33 heavy (non-hydrogen) atoms. The largest absolute Gasteiger partial charge is 0.487 e. The molecule has 1 aliphatic heterocycles. The molecular weight excluding hydrogens is 457 g/mol. The average Bonchev–Trinajstić information content (AvgIpc) is 3.49. The van der Waals surface area contributed by atoms with Crippen LogP contribution in [0.15, 0.2) is 60.0 Å². The van der Waals surface area contributed by atoms with Gasteiger partial charge in [0.1, 0.15) is 29.7 Å². The summed E-state index contributed by atoms with van der Waals surface area (Å²) < 4.78 is 20.3. The third-order valence-corrected chi connectivity index (χ3v) is 6.54. The fourth-order valence-corrected chi connectivity index (χ4v) is 4.77. The van der Waals surface area contributed by atoms with Crippen molar-refractivity contribution in [2.45, 2.75) is 19.4 Å². The van der Waals surface area contributed by atoms with Gasteiger partial charge in [-0.2, -0.15) is 0 Å². The SMILES string of the molecule is Fc1cccc(COc2ccc(Nc3nc(C#CN4CCCC4)cc4sccc34)cc2Cl)c1. The van der Waals surface area contributed by atoms with Crippen LogP contribution >= 0.6 is 22.9 Å². The second-order valence-electron chi connectivity index (χ2n) is 7.81. The summed E-state index contributed by atoms with van der Waals surface area (Å²) in [6.07, 6.45) is 2.39. The Kier molecular flexibility index (Phi) is 6.34. The van der Waals surface area contributed by atoms with Crippen molar-refractivity contribution in [3.05, 3.63) is 82.1 Å². The maximum absolute atomic E-state index is 13.4. The van der Waals surface area contributed by atoms with Crippen LogP contribution in [-0.2, 0) is 6.61 Å². The summed E-state index contributed by atoms with van der Waals surface area (Å²) in [5.74, 6) is 4.19. The number of nitrogens with zero attached hydrogens (tertiary/aromatic N) is 2. The Labute approximate surface area is 201 Å². The van der Waals surface area contributed by atoms with Gasteiger partial charge in [-0.1, -0.05) is 23.7 Å². The molecule has 1 N–H and O–H groups in total. The lowest BCUT2D eigenvalue weighted by atomic mass is 10.2. The number of benzene rings is 2. The van der Waals surface area contributed by atoms with Crippen LogP contribution in [0.25, 0.3) is 10.1 Å². The van der Waals surface area contributed by atoms with Crippen LogP contribution in [0, 0.1) is 17.8 Å². The van der Waals surface area contributed by atoms with E-state index in [4.69, 9.17) is 21.3 Å². The molecule has 0 aliphatic carbocycles. The lowest BCUT2D eigenvalue weighted by molar-refractivity contribution is 0.306. The number of hydrogen-bond acceptors (Lipinski definition) is 5. The summed E-state index contributed by atoms with van der Waals surface area (Å²) in [5, 5.41) is 6.92. The summed E-state index contributed by atoms with van der Waals surface area (Å²) in [5.41, 5.74) is 2.27. The molecule has 1 aliphatic rings. The van der Waals surface area contributed by atoms with Gasteiger partial charge in [0.2, 0.25) is 0 Å². The van der Waals surface area contributed by atoms with Gasteiger partial charge in [0, 0.05) is 34.9 Å². The van der Waals surface area contributed by atoms with Gasteiger partial charge in [-0.05, 0) is 72.2 Å². The van der Waals surface area contributed by atoms with Crippen molar-refractivity contribution < 1.29 is 9.13 Å². The first kappa shape index (κ1) is 21.6. The van der Waals surface area contributed by atoms with Crippen molar-refractivity contribution in [1.29, 1.82) is 0 Å². The van der Waals surface area contributed by atoms with Crippen molar-refractivity contribution >= 4 is 44.5 Å². The standard InChI is InChI=1S/C26H21ClFN3OS/c27-23-15-20(6-7-24(23)32-17-18-4-3-5-19(28)14-18)29-26-22-9-13-33-25(22)16-21(30-26)8-12-31-10-1-2-11-31/h3-7,9,13-16H,1-2,10-11,17H2,(H,29,30). The number of thiophene rings is 1. The first-order valence-corrected chi connectivity index (χ1v) is 12.0. The molecule has 2 aromatic carbocycles. The molecule has 4 aromatic rings. The molecule has 166 valence electrons. The van der Waals surface area contributed by atoms with Gasteiger partial charge in [0.15, 0.2) is 0 Å². The molecule has 1 saturated heterocycles. The van der Waals surface area contributed by atoms with E-state index in [0.29, 0.717) is 10.8 Å². The lowest BCUT2D eigenvalue weighted by Crippen LogP contribution is -2.11. The van der Waals surface area contributed by atoms with E-state index in [1.165, 1.54) is 25.0 Å². The van der Waals surface area contributed by atoms with Gasteiger partial charge < -0.3 is 15.0 Å². The highest BCUT2D eigenvalue weighted by Crippen LogP contribution is 2.33. The highest BCUT2D eigenvalue weighted by atomic mass is 35.5. The van der Waals surface area contributed by atoms with E-state index in [1.54, 1.807) is 29.5 Å². The van der Waals surface area contributed by atoms with Gasteiger partial charge in [0.25, 0.3) is 0 Å². The van der Waals surface area contributed by atoms with Crippen LogP contribution in [0.1, 0.15) is 24.1 Å². The Morgan fingerprint density at radius 3 is 2.82 bits per heavy atom. The Morgan fingerprint density at radius 1 is 1.12 bits per heavy atom. The van der Waals surface area contributed by atoms with Crippen LogP contribution in [0.3, 0.4) is 0 Å². The van der Waals surface area contributed by atoms with Crippen LogP contribution in [-0.4, -0.2) is 23.0 Å². The van der Waals surface area contributed by atoms with Crippen molar-refractivity contribution in [2.75, 3.05) is 18.4 Å². The fraction of sp³-hybridized carbons (Fsp3) is 0.192. The number of anilines is 2. The Balaban J connectivity index is 1.34. The zero-order valence-corrected chi connectivity index (χ0v) is 19.3. The topological polar surface area (TPSA) is 37.4 Å². The summed E-state index contributed by atoms with van der Waals surface area (Å²) in [6, 6.07) is 19.1. The molecule has 0 atom stereocenters. The van der Waals surface area contributed by atoms with Gasteiger partial charge in [-0.3, -0.25) is 0 Å². The molecule has 5 rings (SSSR count). The second kappa shape index (κ2) is 9.70. The minimum atomic E-state index is -0.290. The minimum Gasteiger partial charge on any atom is -0.487 e. The zero-order chi connectivity index (χ0) is 22.6. The van der Waals surface area contributed by atoms with E-state index in [0.717, 1.165) is 45.9 Å². The summed E-state index contributed by atoms with van der Waals surface area (Å²) >= 11 is 8.12. The molecular formula is C26H21ClFN3OS. The smallest absolute Gasteiger partial charge is 0.140 e. The Bertz CT molecular complexity index is 1350. The van der Waals surface area contributed by atoms with E-state index in [1.807, 2.05) is 29.6 Å². The normalized spacial score (nSPS) is 13.1. The van der Waals surface area contributed by atoms with Crippen LogP contribution in [0.5, 0.6) is 5.75 Å². The highest BCUT2D eigenvalue weighted by molar-refractivity contribution is 7.17. The third kappa shape index (κ3) is 5.22. The number of pyridine rings is 1. The van der Waals surface area contributed by atoms with E-state index < -0.39 is 0 Å². The number of aromatic nitrogens is 1. The predicted octanol–water partition coefficient (Wildman–Crippen LogP) is 6.82. The molecule has 0 bridgehead atoms. The average molecular weight is 478 g/mol. The van der Waals surface area contributed by atoms with E-state index in [9.17, 15) is 4.39 Å². The minimum absolute atomic E-state index is 0.235. The van der Waals surface area contributed by atoms with Crippen molar-refractivity contribution in [1.82, 2.24) is 9.88 Å². The molecule has 4 nitrogen and oxygen atoms in total. The zero-order valence-electron chi connectivity index (χ0n) is 17.8. The molecule has 7 heteroatoms. The van der Waals surface area contributed by atoms with Crippen LogP contribution in [0.2, 0.25) is 5.02 Å². The summed E-state index contributed by atoms with van der Waals surface area (Å²) in [6.45, 7) is 2.27.